The van der Waals surface area contributed by atoms with Crippen LogP contribution >= 0.6 is 0 Å². The van der Waals surface area contributed by atoms with Crippen molar-refractivity contribution in [2.24, 2.45) is 0 Å². The maximum Gasteiger partial charge on any atom is 0.323 e. The lowest BCUT2D eigenvalue weighted by atomic mass is 10.0. The van der Waals surface area contributed by atoms with Crippen LogP contribution in [0.1, 0.15) is 5.56 Å². The molecule has 0 amide bonds. The lowest BCUT2D eigenvalue weighted by Crippen LogP contribution is -2.51. The summed E-state index contributed by atoms with van der Waals surface area (Å²) in [4.78, 5) is 12.3. The summed E-state index contributed by atoms with van der Waals surface area (Å²) in [6.07, 6.45) is 0.215. The minimum Gasteiger partial charge on any atom is -0.493 e. The average molecular weight is 498 g/mol. The van der Waals surface area contributed by atoms with Crippen LogP contribution in [0.3, 0.4) is 0 Å². The highest BCUT2D eigenvalue weighted by Crippen LogP contribution is 2.33. The summed E-state index contributed by atoms with van der Waals surface area (Å²) < 4.78 is 67.1. The van der Waals surface area contributed by atoms with Crippen molar-refractivity contribution in [1.82, 2.24) is 5.32 Å². The van der Waals surface area contributed by atoms with E-state index < -0.39 is 54.5 Å². The van der Waals surface area contributed by atoms with Gasteiger partial charge < -0.3 is 14.2 Å². The van der Waals surface area contributed by atoms with Crippen LogP contribution in [0.15, 0.2) is 53.4 Å². The van der Waals surface area contributed by atoms with Crippen LogP contribution in [0.5, 0.6) is 11.5 Å². The third kappa shape index (κ3) is 5.66. The van der Waals surface area contributed by atoms with E-state index in [4.69, 9.17) is 14.2 Å². The van der Waals surface area contributed by atoms with E-state index in [9.17, 15) is 21.6 Å². The van der Waals surface area contributed by atoms with Crippen LogP contribution in [0.4, 0.5) is 0 Å². The molecule has 0 radical (unpaired) electrons. The SMILES string of the molecule is COC(=O)[C@H](Cc1ccccc1)N[C@H]1CS(=O)(=O)C[C@@H]1S(=O)(=O)c1ccc(OC)c(OC)c1. The minimum atomic E-state index is -4.10. The van der Waals surface area contributed by atoms with Gasteiger partial charge in [-0.25, -0.2) is 16.8 Å². The van der Waals surface area contributed by atoms with Gasteiger partial charge in [0.2, 0.25) is 0 Å². The van der Waals surface area contributed by atoms with Crippen molar-refractivity contribution in [1.29, 1.82) is 0 Å². The van der Waals surface area contributed by atoms with E-state index in [0.29, 0.717) is 5.75 Å². The first-order valence-electron chi connectivity index (χ1n) is 10.2. The number of benzene rings is 2. The molecule has 1 fully saturated rings. The Morgan fingerprint density at radius 3 is 2.30 bits per heavy atom. The van der Waals surface area contributed by atoms with Crippen molar-refractivity contribution in [3.63, 3.8) is 0 Å². The quantitative estimate of drug-likeness (QED) is 0.505. The molecule has 0 aromatic heterocycles. The lowest BCUT2D eigenvalue weighted by Gasteiger charge is -2.25. The van der Waals surface area contributed by atoms with Gasteiger partial charge in [-0.15, -0.1) is 0 Å². The smallest absolute Gasteiger partial charge is 0.323 e. The first-order valence-corrected chi connectivity index (χ1v) is 13.5. The Hall–Kier alpha value is -2.63. The Morgan fingerprint density at radius 1 is 1.03 bits per heavy atom. The standard InChI is InChI=1S/C22H27NO8S2/c1-29-19-10-9-16(12-20(19)30-2)33(27,28)21-14-32(25,26)13-18(21)23-17(22(24)31-3)11-15-7-5-4-6-8-15/h4-10,12,17-18,21,23H,11,13-14H2,1-3H3/t17-,18-,21-/m0/s1. The fourth-order valence-electron chi connectivity index (χ4n) is 3.91. The van der Waals surface area contributed by atoms with Crippen molar-refractivity contribution < 1.29 is 35.8 Å². The second kappa shape index (κ2) is 10.1. The number of carbonyl (C=O) groups excluding carboxylic acids is 1. The highest BCUT2D eigenvalue weighted by molar-refractivity contribution is 7.96. The summed E-state index contributed by atoms with van der Waals surface area (Å²) in [6.45, 7) is 0. The molecule has 3 rings (SSSR count). The minimum absolute atomic E-state index is 0.0910. The molecule has 1 saturated heterocycles. The highest BCUT2D eigenvalue weighted by atomic mass is 32.2. The normalized spacial score (nSPS) is 20.7. The Balaban J connectivity index is 1.94. The molecule has 0 saturated carbocycles. The molecule has 0 unspecified atom stereocenters. The van der Waals surface area contributed by atoms with E-state index >= 15 is 0 Å². The monoisotopic (exact) mass is 497 g/mol. The van der Waals surface area contributed by atoms with Crippen LogP contribution in [0, 0.1) is 0 Å². The molecule has 180 valence electrons. The van der Waals surface area contributed by atoms with E-state index in [-0.39, 0.29) is 17.1 Å². The molecule has 33 heavy (non-hydrogen) atoms. The lowest BCUT2D eigenvalue weighted by molar-refractivity contribution is -0.143. The molecule has 2 aromatic carbocycles. The van der Waals surface area contributed by atoms with Gasteiger partial charge >= 0.3 is 5.97 Å². The Bertz CT molecular complexity index is 1200. The Labute approximate surface area is 193 Å². The van der Waals surface area contributed by atoms with Gasteiger partial charge in [-0.3, -0.25) is 10.1 Å². The second-order valence-electron chi connectivity index (χ2n) is 7.72. The van der Waals surface area contributed by atoms with Gasteiger partial charge in [0.05, 0.1) is 43.0 Å². The molecule has 2 aromatic rings. The largest absolute Gasteiger partial charge is 0.493 e. The van der Waals surface area contributed by atoms with E-state index in [1.807, 2.05) is 30.3 Å². The second-order valence-corrected chi connectivity index (χ2v) is 12.0. The van der Waals surface area contributed by atoms with Crippen molar-refractivity contribution in [3.05, 3.63) is 54.1 Å². The third-order valence-electron chi connectivity index (χ3n) is 5.57. The summed E-state index contributed by atoms with van der Waals surface area (Å²) in [5.41, 5.74) is 0.820. The van der Waals surface area contributed by atoms with Gasteiger partial charge in [-0.1, -0.05) is 30.3 Å². The fraction of sp³-hybridized carbons (Fsp3) is 0.409. The number of nitrogens with one attached hydrogen (secondary N) is 1. The molecular weight excluding hydrogens is 470 g/mol. The Morgan fingerprint density at radius 2 is 1.70 bits per heavy atom. The van der Waals surface area contributed by atoms with Crippen molar-refractivity contribution >= 4 is 25.6 Å². The van der Waals surface area contributed by atoms with Crippen LogP contribution in [0.25, 0.3) is 0 Å². The highest BCUT2D eigenvalue weighted by Gasteiger charge is 2.47. The predicted molar refractivity (Wildman–Crippen MR) is 122 cm³/mol. The number of methoxy groups -OCH3 is 3. The first kappa shape index (κ1) is 25.0. The van der Waals surface area contributed by atoms with Crippen LogP contribution in [-0.4, -0.2) is 73.0 Å². The number of sulfone groups is 2. The number of esters is 1. The molecule has 1 heterocycles. The van der Waals surface area contributed by atoms with Gasteiger partial charge in [-0.05, 0) is 24.1 Å². The zero-order valence-electron chi connectivity index (χ0n) is 18.6. The van der Waals surface area contributed by atoms with E-state index in [2.05, 4.69) is 5.32 Å². The molecule has 9 nitrogen and oxygen atoms in total. The van der Waals surface area contributed by atoms with Gasteiger partial charge in [0, 0.05) is 12.1 Å². The first-order chi connectivity index (χ1) is 15.6. The van der Waals surface area contributed by atoms with Gasteiger partial charge in [0.15, 0.2) is 31.2 Å². The Kier molecular flexibility index (Phi) is 7.65. The van der Waals surface area contributed by atoms with Crippen molar-refractivity contribution in [2.45, 2.75) is 28.6 Å². The maximum atomic E-state index is 13.5. The molecule has 0 bridgehead atoms. The summed E-state index contributed by atoms with van der Waals surface area (Å²) in [6, 6.07) is 11.3. The summed E-state index contributed by atoms with van der Waals surface area (Å²) in [7, 11) is -3.73. The van der Waals surface area contributed by atoms with Gasteiger partial charge in [0.1, 0.15) is 6.04 Å². The topological polar surface area (TPSA) is 125 Å². The summed E-state index contributed by atoms with van der Waals surface area (Å²) in [5.74, 6) is -1.02. The fourth-order valence-corrected chi connectivity index (χ4v) is 8.60. The molecular formula is C22H27NO8S2. The molecule has 0 aliphatic carbocycles. The van der Waals surface area contributed by atoms with Crippen molar-refractivity contribution in [2.75, 3.05) is 32.8 Å². The van der Waals surface area contributed by atoms with E-state index in [0.717, 1.165) is 5.56 Å². The number of hydrogen-bond donors (Lipinski definition) is 1. The van der Waals surface area contributed by atoms with E-state index in [1.165, 1.54) is 39.5 Å². The maximum absolute atomic E-state index is 13.5. The molecule has 3 atom stereocenters. The van der Waals surface area contributed by atoms with Gasteiger partial charge in [0.25, 0.3) is 0 Å². The van der Waals surface area contributed by atoms with E-state index in [1.54, 1.807) is 0 Å². The number of ether oxygens (including phenoxy) is 3. The molecule has 1 N–H and O–H groups in total. The molecule has 11 heteroatoms. The third-order valence-corrected chi connectivity index (χ3v) is 9.71. The number of hydrogen-bond acceptors (Lipinski definition) is 9. The molecule has 1 aliphatic rings. The summed E-state index contributed by atoms with van der Waals surface area (Å²) in [5, 5.41) is 1.67. The van der Waals surface area contributed by atoms with Gasteiger partial charge in [-0.2, -0.15) is 0 Å². The van der Waals surface area contributed by atoms with Crippen LogP contribution in [-0.2, 0) is 35.6 Å². The van der Waals surface area contributed by atoms with Crippen LogP contribution in [0.2, 0.25) is 0 Å². The number of carbonyl (C=O) groups is 1. The van der Waals surface area contributed by atoms with Crippen molar-refractivity contribution in [3.8, 4) is 11.5 Å². The molecule has 0 spiro atoms. The average Bonchev–Trinajstić information content (AvgIpc) is 3.12. The molecule has 1 aliphatic heterocycles. The van der Waals surface area contributed by atoms with Crippen LogP contribution < -0.4 is 14.8 Å². The zero-order chi connectivity index (χ0) is 24.2. The zero-order valence-corrected chi connectivity index (χ0v) is 20.2. The predicted octanol–water partition coefficient (Wildman–Crippen LogP) is 1.02. The summed E-state index contributed by atoms with van der Waals surface area (Å²) >= 11 is 0. The number of rotatable bonds is 9.